The summed E-state index contributed by atoms with van der Waals surface area (Å²) in [6, 6.07) is 7.43. The third-order valence-electron chi connectivity index (χ3n) is 2.88. The van der Waals surface area contributed by atoms with E-state index in [1.807, 2.05) is 18.2 Å². The Morgan fingerprint density at radius 3 is 2.70 bits per heavy atom. The summed E-state index contributed by atoms with van der Waals surface area (Å²) in [7, 11) is 0. The van der Waals surface area contributed by atoms with Crippen LogP contribution in [0.5, 0.6) is 0 Å². The molecule has 1 rings (SSSR count). The molecule has 3 nitrogen and oxygen atoms in total. The van der Waals surface area contributed by atoms with Gasteiger partial charge >= 0.3 is 0 Å². The van der Waals surface area contributed by atoms with Gasteiger partial charge in [0.15, 0.2) is 5.11 Å². The molecular formula is C15H21IN2OS. The van der Waals surface area contributed by atoms with Crippen LogP contribution in [0, 0.1) is 3.57 Å². The summed E-state index contributed by atoms with van der Waals surface area (Å²) in [5, 5.41) is 6.18. The lowest BCUT2D eigenvalue weighted by molar-refractivity contribution is 0.0976. The maximum atomic E-state index is 11.9. The Morgan fingerprint density at radius 1 is 1.25 bits per heavy atom. The largest absolute Gasteiger partial charge is 0.362 e. The summed E-state index contributed by atoms with van der Waals surface area (Å²) in [4.78, 5) is 11.9. The van der Waals surface area contributed by atoms with E-state index in [2.05, 4.69) is 40.1 Å². The van der Waals surface area contributed by atoms with Crippen LogP contribution in [-0.2, 0) is 0 Å². The SMILES string of the molecule is CCCCCCCNC(=S)NC(=O)c1cccc(I)c1. The molecule has 0 spiro atoms. The van der Waals surface area contributed by atoms with Crippen molar-refractivity contribution in [1.82, 2.24) is 10.6 Å². The third kappa shape index (κ3) is 7.19. The topological polar surface area (TPSA) is 41.1 Å². The Labute approximate surface area is 140 Å². The van der Waals surface area contributed by atoms with Crippen molar-refractivity contribution in [1.29, 1.82) is 0 Å². The van der Waals surface area contributed by atoms with E-state index in [0.717, 1.165) is 16.5 Å². The molecule has 0 atom stereocenters. The highest BCUT2D eigenvalue weighted by Crippen LogP contribution is 2.07. The summed E-state index contributed by atoms with van der Waals surface area (Å²) in [6.07, 6.45) is 6.08. The molecule has 20 heavy (non-hydrogen) atoms. The molecule has 2 N–H and O–H groups in total. The number of thiocarbonyl (C=S) groups is 1. The van der Waals surface area contributed by atoms with Crippen LogP contribution >= 0.6 is 34.8 Å². The molecular weight excluding hydrogens is 383 g/mol. The number of unbranched alkanes of at least 4 members (excludes halogenated alkanes) is 4. The molecule has 0 saturated carbocycles. The van der Waals surface area contributed by atoms with E-state index in [9.17, 15) is 4.79 Å². The first kappa shape index (κ1) is 17.4. The number of halogens is 1. The number of rotatable bonds is 7. The molecule has 0 radical (unpaired) electrons. The molecule has 110 valence electrons. The quantitative estimate of drug-likeness (QED) is 0.412. The van der Waals surface area contributed by atoms with E-state index >= 15 is 0 Å². The highest BCUT2D eigenvalue weighted by Gasteiger charge is 2.07. The first-order valence-electron chi connectivity index (χ1n) is 6.98. The van der Waals surface area contributed by atoms with Gasteiger partial charge in [-0.3, -0.25) is 10.1 Å². The molecule has 0 aliphatic carbocycles. The minimum atomic E-state index is -0.160. The number of hydrogen-bond donors (Lipinski definition) is 2. The molecule has 0 aliphatic heterocycles. The lowest BCUT2D eigenvalue weighted by atomic mass is 10.1. The van der Waals surface area contributed by atoms with E-state index in [0.29, 0.717) is 10.7 Å². The molecule has 1 aromatic carbocycles. The van der Waals surface area contributed by atoms with Gasteiger partial charge in [0.25, 0.3) is 5.91 Å². The summed E-state index contributed by atoms with van der Waals surface area (Å²) < 4.78 is 1.03. The van der Waals surface area contributed by atoms with Crippen molar-refractivity contribution < 1.29 is 4.79 Å². The van der Waals surface area contributed by atoms with Crippen LogP contribution in [0.1, 0.15) is 49.4 Å². The molecule has 1 aromatic rings. The van der Waals surface area contributed by atoms with Crippen molar-refractivity contribution in [2.45, 2.75) is 39.0 Å². The molecule has 0 unspecified atom stereocenters. The van der Waals surface area contributed by atoms with Crippen molar-refractivity contribution >= 4 is 45.8 Å². The first-order chi connectivity index (χ1) is 9.63. The van der Waals surface area contributed by atoms with Gasteiger partial charge in [0.2, 0.25) is 0 Å². The summed E-state index contributed by atoms with van der Waals surface area (Å²) in [6.45, 7) is 3.02. The van der Waals surface area contributed by atoms with Crippen molar-refractivity contribution in [2.24, 2.45) is 0 Å². The fourth-order valence-corrected chi connectivity index (χ4v) is 2.52. The third-order valence-corrected chi connectivity index (χ3v) is 3.80. The van der Waals surface area contributed by atoms with Crippen LogP contribution in [0.2, 0.25) is 0 Å². The van der Waals surface area contributed by atoms with Gasteiger partial charge in [0, 0.05) is 15.7 Å². The molecule has 0 heterocycles. The van der Waals surface area contributed by atoms with Crippen LogP contribution in [-0.4, -0.2) is 17.6 Å². The second-order valence-electron chi connectivity index (χ2n) is 4.63. The molecule has 0 saturated heterocycles. The standard InChI is InChI=1S/C15H21IN2OS/c1-2-3-4-5-6-10-17-15(20)18-14(19)12-8-7-9-13(16)11-12/h7-9,11H,2-6,10H2,1H3,(H2,17,18,19,20). The van der Waals surface area contributed by atoms with Gasteiger partial charge in [-0.15, -0.1) is 0 Å². The Kier molecular flexibility index (Phi) is 8.77. The van der Waals surface area contributed by atoms with Crippen LogP contribution in [0.4, 0.5) is 0 Å². The second kappa shape index (κ2) is 10.1. The molecule has 5 heteroatoms. The number of carbonyl (C=O) groups excluding carboxylic acids is 1. The Balaban J connectivity index is 2.23. The zero-order valence-corrected chi connectivity index (χ0v) is 14.7. The summed E-state index contributed by atoms with van der Waals surface area (Å²) >= 11 is 7.30. The Morgan fingerprint density at radius 2 is 2.00 bits per heavy atom. The number of benzene rings is 1. The minimum Gasteiger partial charge on any atom is -0.362 e. The lowest BCUT2D eigenvalue weighted by Gasteiger charge is -2.09. The normalized spacial score (nSPS) is 10.1. The lowest BCUT2D eigenvalue weighted by Crippen LogP contribution is -2.39. The molecule has 0 bridgehead atoms. The average Bonchev–Trinajstić information content (AvgIpc) is 2.42. The van der Waals surface area contributed by atoms with Gasteiger partial charge in [-0.2, -0.15) is 0 Å². The average molecular weight is 404 g/mol. The second-order valence-corrected chi connectivity index (χ2v) is 6.29. The smallest absolute Gasteiger partial charge is 0.257 e. The highest BCUT2D eigenvalue weighted by atomic mass is 127. The molecule has 0 aliphatic rings. The zero-order valence-electron chi connectivity index (χ0n) is 11.7. The maximum absolute atomic E-state index is 11.9. The fraction of sp³-hybridized carbons (Fsp3) is 0.467. The van der Waals surface area contributed by atoms with Crippen molar-refractivity contribution in [3.8, 4) is 0 Å². The van der Waals surface area contributed by atoms with Gasteiger partial charge in [-0.05, 0) is 59.4 Å². The predicted molar refractivity (Wildman–Crippen MR) is 96.0 cm³/mol. The van der Waals surface area contributed by atoms with Crippen molar-refractivity contribution in [3.05, 3.63) is 33.4 Å². The summed E-state index contributed by atoms with van der Waals surface area (Å²) in [5.41, 5.74) is 0.629. The Bertz CT molecular complexity index is 451. The fourth-order valence-electron chi connectivity index (χ4n) is 1.78. The maximum Gasteiger partial charge on any atom is 0.257 e. The van der Waals surface area contributed by atoms with Gasteiger partial charge in [0.1, 0.15) is 0 Å². The molecule has 0 fully saturated rings. The predicted octanol–water partition coefficient (Wildman–Crippen LogP) is 3.87. The zero-order chi connectivity index (χ0) is 14.8. The van der Waals surface area contributed by atoms with Gasteiger partial charge in [-0.1, -0.05) is 38.7 Å². The number of nitrogens with one attached hydrogen (secondary N) is 2. The van der Waals surface area contributed by atoms with Crippen LogP contribution in [0.3, 0.4) is 0 Å². The van der Waals surface area contributed by atoms with Crippen LogP contribution in [0.15, 0.2) is 24.3 Å². The number of hydrogen-bond acceptors (Lipinski definition) is 2. The number of carbonyl (C=O) groups is 1. The van der Waals surface area contributed by atoms with Gasteiger partial charge in [0.05, 0.1) is 0 Å². The summed E-state index contributed by atoms with van der Waals surface area (Å²) in [5.74, 6) is -0.160. The first-order valence-corrected chi connectivity index (χ1v) is 8.47. The van der Waals surface area contributed by atoms with E-state index in [-0.39, 0.29) is 5.91 Å². The van der Waals surface area contributed by atoms with Crippen LogP contribution < -0.4 is 10.6 Å². The van der Waals surface area contributed by atoms with Gasteiger partial charge < -0.3 is 5.32 Å². The van der Waals surface area contributed by atoms with Gasteiger partial charge in [-0.25, -0.2) is 0 Å². The highest BCUT2D eigenvalue weighted by molar-refractivity contribution is 14.1. The molecule has 0 aromatic heterocycles. The van der Waals surface area contributed by atoms with E-state index in [1.165, 1.54) is 25.7 Å². The van der Waals surface area contributed by atoms with Crippen molar-refractivity contribution in [2.75, 3.05) is 6.54 Å². The van der Waals surface area contributed by atoms with Crippen LogP contribution in [0.25, 0.3) is 0 Å². The van der Waals surface area contributed by atoms with E-state index in [4.69, 9.17) is 12.2 Å². The minimum absolute atomic E-state index is 0.160. The van der Waals surface area contributed by atoms with E-state index in [1.54, 1.807) is 6.07 Å². The molecule has 1 amide bonds. The Hall–Kier alpha value is -0.690. The monoisotopic (exact) mass is 404 g/mol. The van der Waals surface area contributed by atoms with E-state index < -0.39 is 0 Å². The number of amides is 1. The van der Waals surface area contributed by atoms with Crippen molar-refractivity contribution in [3.63, 3.8) is 0 Å².